The number of nitrogens with one attached hydrogen (secondary N) is 1. The van der Waals surface area contributed by atoms with E-state index in [0.29, 0.717) is 18.9 Å². The van der Waals surface area contributed by atoms with Crippen LogP contribution in [0.1, 0.15) is 38.9 Å². The minimum atomic E-state index is -3.49. The smallest absolute Gasteiger partial charge is 0.245 e. The molecule has 1 N–H and O–H groups in total. The summed E-state index contributed by atoms with van der Waals surface area (Å²) in [5.74, 6) is 0.709. The van der Waals surface area contributed by atoms with Gasteiger partial charge in [-0.25, -0.2) is 17.8 Å². The summed E-state index contributed by atoms with van der Waals surface area (Å²) in [5.41, 5.74) is 0.144. The Morgan fingerprint density at radius 1 is 1.21 bits per heavy atom. The molecule has 4 rings (SSSR count). The third-order valence-corrected chi connectivity index (χ3v) is 8.09. The lowest BCUT2D eigenvalue weighted by atomic mass is 10.0. The zero-order valence-corrected chi connectivity index (χ0v) is 20.8. The molecule has 2 aliphatic heterocycles. The van der Waals surface area contributed by atoms with E-state index >= 15 is 0 Å². The second kappa shape index (κ2) is 9.54. The number of hydrogen-bond acceptors (Lipinski definition) is 8. The fourth-order valence-electron chi connectivity index (χ4n) is 4.42. The maximum absolute atomic E-state index is 14.4. The van der Waals surface area contributed by atoms with Gasteiger partial charge in [-0.2, -0.15) is 4.37 Å². The van der Waals surface area contributed by atoms with E-state index in [-0.39, 0.29) is 22.5 Å². The molecule has 2 aromatic rings. The monoisotopic (exact) mass is 495 g/mol. The fourth-order valence-corrected chi connectivity index (χ4v) is 5.80. The molecular formula is C22H30FN5O3S2. The molecule has 2 fully saturated rings. The van der Waals surface area contributed by atoms with Gasteiger partial charge in [0.15, 0.2) is 9.84 Å². The highest BCUT2D eigenvalue weighted by atomic mass is 32.2. The molecular weight excluding hydrogens is 465 g/mol. The van der Waals surface area contributed by atoms with Gasteiger partial charge in [0, 0.05) is 49.9 Å². The number of sulfone groups is 1. The van der Waals surface area contributed by atoms with Gasteiger partial charge in [0.25, 0.3) is 0 Å². The Morgan fingerprint density at radius 3 is 2.58 bits per heavy atom. The van der Waals surface area contributed by atoms with Gasteiger partial charge in [-0.15, -0.1) is 0 Å². The highest BCUT2D eigenvalue weighted by molar-refractivity contribution is 7.90. The minimum absolute atomic E-state index is 0.0322. The van der Waals surface area contributed by atoms with E-state index in [9.17, 15) is 17.6 Å². The van der Waals surface area contributed by atoms with Gasteiger partial charge in [-0.1, -0.05) is 13.8 Å². The summed E-state index contributed by atoms with van der Waals surface area (Å²) in [7, 11) is -3.49. The van der Waals surface area contributed by atoms with Crippen molar-refractivity contribution in [3.8, 4) is 0 Å². The van der Waals surface area contributed by atoms with Crippen LogP contribution in [0.25, 0.3) is 0 Å². The maximum atomic E-state index is 14.4. The fraction of sp³-hybridized carbons (Fsp3) is 0.591. The normalized spacial score (nSPS) is 20.2. The maximum Gasteiger partial charge on any atom is 0.245 e. The highest BCUT2D eigenvalue weighted by Gasteiger charge is 2.37. The largest absolute Gasteiger partial charge is 0.371 e. The van der Waals surface area contributed by atoms with Gasteiger partial charge in [0.2, 0.25) is 11.0 Å². The molecule has 0 aliphatic carbocycles. The van der Waals surface area contributed by atoms with E-state index in [0.717, 1.165) is 55.6 Å². The van der Waals surface area contributed by atoms with Crippen LogP contribution in [-0.4, -0.2) is 66.6 Å². The van der Waals surface area contributed by atoms with E-state index in [1.54, 1.807) is 0 Å². The van der Waals surface area contributed by atoms with Crippen LogP contribution in [-0.2, 0) is 21.1 Å². The molecule has 3 heterocycles. The van der Waals surface area contributed by atoms with Crippen molar-refractivity contribution in [1.29, 1.82) is 0 Å². The van der Waals surface area contributed by atoms with Crippen LogP contribution >= 0.6 is 11.5 Å². The number of carbonyl (C=O) groups is 1. The molecule has 1 aromatic heterocycles. The summed E-state index contributed by atoms with van der Waals surface area (Å²) >= 11 is 1.44. The first-order chi connectivity index (χ1) is 15.6. The summed E-state index contributed by atoms with van der Waals surface area (Å²) in [6.07, 6.45) is 4.21. The van der Waals surface area contributed by atoms with Crippen molar-refractivity contribution in [2.45, 2.75) is 56.5 Å². The van der Waals surface area contributed by atoms with Crippen molar-refractivity contribution in [2.75, 3.05) is 36.1 Å². The lowest BCUT2D eigenvalue weighted by molar-refractivity contribution is -0.130. The van der Waals surface area contributed by atoms with Crippen molar-refractivity contribution in [1.82, 2.24) is 14.3 Å². The van der Waals surface area contributed by atoms with Crippen LogP contribution in [0.2, 0.25) is 0 Å². The first-order valence-electron chi connectivity index (χ1n) is 11.3. The first kappa shape index (κ1) is 23.9. The quantitative estimate of drug-likeness (QED) is 0.631. The molecule has 11 heteroatoms. The number of likely N-dealkylation sites (tertiary alicyclic amines) is 1. The zero-order valence-electron chi connectivity index (χ0n) is 19.1. The lowest BCUT2D eigenvalue weighted by Gasteiger charge is -2.36. The van der Waals surface area contributed by atoms with Crippen molar-refractivity contribution in [2.24, 2.45) is 5.92 Å². The number of benzene rings is 1. The number of nitrogens with zero attached hydrogens (tertiary/aromatic N) is 4. The van der Waals surface area contributed by atoms with Crippen LogP contribution in [0.5, 0.6) is 0 Å². The Kier molecular flexibility index (Phi) is 6.90. The molecule has 2 aliphatic rings. The SMILES string of the molecule is CC(C)Cc1nsc(N2CCC(N3CCC(Nc4ccc(S(C)(=O)=O)cc4F)C3=O)CC2)n1. The Labute approximate surface area is 198 Å². The summed E-state index contributed by atoms with van der Waals surface area (Å²) in [6, 6.07) is 3.37. The standard InChI is InChI=1S/C22H30FN5O3S2/c1-14(2)12-20-25-22(32-26-20)27-9-6-15(7-10-27)28-11-8-19(21(28)29)24-18-5-4-16(13-17(18)23)33(3,30)31/h4-5,13-15,19,24H,6-12H2,1-3H3. The number of rotatable bonds is 7. The summed E-state index contributed by atoms with van der Waals surface area (Å²) in [6.45, 7) is 6.58. The number of amides is 1. The summed E-state index contributed by atoms with van der Waals surface area (Å²) < 4.78 is 42.1. The van der Waals surface area contributed by atoms with Gasteiger partial charge >= 0.3 is 0 Å². The van der Waals surface area contributed by atoms with Crippen molar-refractivity contribution in [3.05, 3.63) is 29.8 Å². The molecule has 1 unspecified atom stereocenters. The highest BCUT2D eigenvalue weighted by Crippen LogP contribution is 2.29. The molecule has 0 saturated carbocycles. The predicted molar refractivity (Wildman–Crippen MR) is 127 cm³/mol. The molecule has 33 heavy (non-hydrogen) atoms. The summed E-state index contributed by atoms with van der Waals surface area (Å²) in [5, 5.41) is 3.92. The van der Waals surface area contributed by atoms with Gasteiger partial charge < -0.3 is 15.1 Å². The molecule has 0 spiro atoms. The second-order valence-electron chi connectivity index (χ2n) is 9.24. The number of carbonyl (C=O) groups excluding carboxylic acids is 1. The molecule has 1 aromatic carbocycles. The van der Waals surface area contributed by atoms with Crippen molar-refractivity contribution < 1.29 is 17.6 Å². The van der Waals surface area contributed by atoms with E-state index < -0.39 is 21.7 Å². The van der Waals surface area contributed by atoms with E-state index in [1.807, 2.05) is 4.90 Å². The third kappa shape index (κ3) is 5.46. The number of aromatic nitrogens is 2. The Morgan fingerprint density at radius 2 is 1.94 bits per heavy atom. The predicted octanol–water partition coefficient (Wildman–Crippen LogP) is 2.96. The molecule has 0 radical (unpaired) electrons. The number of hydrogen-bond donors (Lipinski definition) is 1. The van der Waals surface area contributed by atoms with Crippen LogP contribution in [0.4, 0.5) is 15.2 Å². The molecule has 8 nitrogen and oxygen atoms in total. The Balaban J connectivity index is 1.33. The van der Waals surface area contributed by atoms with Gasteiger partial charge in [-0.05, 0) is 43.4 Å². The van der Waals surface area contributed by atoms with Crippen LogP contribution in [0.3, 0.4) is 0 Å². The van der Waals surface area contributed by atoms with E-state index in [2.05, 4.69) is 33.4 Å². The average Bonchev–Trinajstić information content (AvgIpc) is 3.35. The molecule has 2 saturated heterocycles. The molecule has 1 amide bonds. The Bertz CT molecular complexity index is 1110. The lowest BCUT2D eigenvalue weighted by Crippen LogP contribution is -2.47. The van der Waals surface area contributed by atoms with Crippen molar-refractivity contribution >= 4 is 38.1 Å². The average molecular weight is 496 g/mol. The zero-order chi connectivity index (χ0) is 23.8. The van der Waals surface area contributed by atoms with Gasteiger partial charge in [0.1, 0.15) is 17.7 Å². The minimum Gasteiger partial charge on any atom is -0.371 e. The molecule has 0 bridgehead atoms. The molecule has 180 valence electrons. The topological polar surface area (TPSA) is 95.5 Å². The van der Waals surface area contributed by atoms with Gasteiger partial charge in [0.05, 0.1) is 10.6 Å². The Hall–Kier alpha value is -2.27. The molecule has 1 atom stereocenters. The van der Waals surface area contributed by atoms with Crippen LogP contribution in [0.15, 0.2) is 23.1 Å². The first-order valence-corrected chi connectivity index (χ1v) is 13.9. The van der Waals surface area contributed by atoms with E-state index in [1.165, 1.54) is 23.7 Å². The second-order valence-corrected chi connectivity index (χ2v) is 12.0. The number of anilines is 2. The van der Waals surface area contributed by atoms with Crippen LogP contribution in [0, 0.1) is 11.7 Å². The third-order valence-electron chi connectivity index (χ3n) is 6.16. The number of piperidine rings is 1. The van der Waals surface area contributed by atoms with Gasteiger partial charge in [-0.3, -0.25) is 4.79 Å². The van der Waals surface area contributed by atoms with E-state index in [4.69, 9.17) is 0 Å². The summed E-state index contributed by atoms with van der Waals surface area (Å²) in [4.78, 5) is 21.8. The van der Waals surface area contributed by atoms with Crippen LogP contribution < -0.4 is 10.2 Å². The van der Waals surface area contributed by atoms with Crippen molar-refractivity contribution in [3.63, 3.8) is 0 Å². The number of halogens is 1.